The van der Waals surface area contributed by atoms with Crippen molar-refractivity contribution in [3.8, 4) is 0 Å². The van der Waals surface area contributed by atoms with Crippen molar-refractivity contribution in [3.05, 3.63) is 35.4 Å². The first kappa shape index (κ1) is 15.3. The number of carbonyl (C=O) groups is 2. The summed E-state index contributed by atoms with van der Waals surface area (Å²) < 4.78 is 36.3. The number of carboxylic acids is 1. The number of amides is 1. The number of aliphatic carboxylic acids is 1. The summed E-state index contributed by atoms with van der Waals surface area (Å²) in [5.41, 5.74) is 0.704. The van der Waals surface area contributed by atoms with Crippen molar-refractivity contribution in [3.63, 3.8) is 0 Å². The molecular weight excluding hydrogens is 287 g/mol. The van der Waals surface area contributed by atoms with Gasteiger partial charge in [-0.05, 0) is 11.1 Å². The Bertz CT molecular complexity index is 473. The molecule has 8 heteroatoms. The molecule has 19 heavy (non-hydrogen) atoms. The van der Waals surface area contributed by atoms with Gasteiger partial charge in [0.2, 0.25) is 0 Å². The Morgan fingerprint density at radius 1 is 1.26 bits per heavy atom. The van der Waals surface area contributed by atoms with Gasteiger partial charge in [0.05, 0.1) is 0 Å². The molecule has 0 aliphatic rings. The normalized spacial score (nSPS) is 12.8. The van der Waals surface area contributed by atoms with Gasteiger partial charge in [-0.2, -0.15) is 13.2 Å². The maximum atomic E-state index is 12.1. The molecule has 1 unspecified atom stereocenters. The molecule has 0 heterocycles. The minimum absolute atomic E-state index is 0.0268. The predicted octanol–water partition coefficient (Wildman–Crippen LogP) is 2.23. The van der Waals surface area contributed by atoms with Crippen LogP contribution in [0.3, 0.4) is 0 Å². The van der Waals surface area contributed by atoms with Gasteiger partial charge in [0.25, 0.3) is 0 Å². The fourth-order valence-corrected chi connectivity index (χ4v) is 1.48. The van der Waals surface area contributed by atoms with Crippen LogP contribution in [0.15, 0.2) is 24.3 Å². The number of rotatable bonds is 4. The number of hydrogen-bond donors (Lipinski definition) is 2. The van der Waals surface area contributed by atoms with E-state index >= 15 is 0 Å². The van der Waals surface area contributed by atoms with Crippen molar-refractivity contribution in [2.45, 2.75) is 18.1 Å². The van der Waals surface area contributed by atoms with Crippen LogP contribution >= 0.6 is 11.6 Å². The third kappa shape index (κ3) is 4.13. The van der Waals surface area contributed by atoms with Crippen LogP contribution in [-0.2, 0) is 15.5 Å². The van der Waals surface area contributed by atoms with Crippen LogP contribution in [-0.4, -0.2) is 23.2 Å². The number of carbonyl (C=O) groups excluding carboxylic acids is 1. The average molecular weight is 296 g/mol. The van der Waals surface area contributed by atoms with E-state index in [0.717, 1.165) is 0 Å². The molecule has 4 nitrogen and oxygen atoms in total. The van der Waals surface area contributed by atoms with Crippen LogP contribution in [0.25, 0.3) is 0 Å². The molecule has 0 saturated heterocycles. The molecule has 0 aliphatic carbocycles. The number of benzene rings is 1. The van der Waals surface area contributed by atoms with E-state index in [1.165, 1.54) is 29.6 Å². The molecular formula is C11H9ClF3NO3. The van der Waals surface area contributed by atoms with Gasteiger partial charge in [0.1, 0.15) is 0 Å². The summed E-state index contributed by atoms with van der Waals surface area (Å²) in [6.07, 6.45) is -5.14. The Balaban J connectivity index is 2.94. The van der Waals surface area contributed by atoms with Crippen LogP contribution in [0.5, 0.6) is 0 Å². The molecule has 0 radical (unpaired) electrons. The number of hydrogen-bond acceptors (Lipinski definition) is 2. The van der Waals surface area contributed by atoms with Gasteiger partial charge in [-0.3, -0.25) is 4.79 Å². The Morgan fingerprint density at radius 3 is 2.16 bits per heavy atom. The molecule has 1 aromatic rings. The predicted molar refractivity (Wildman–Crippen MR) is 60.6 cm³/mol. The second-order valence-electron chi connectivity index (χ2n) is 3.62. The molecule has 1 aromatic carbocycles. The van der Waals surface area contributed by atoms with Crippen LogP contribution in [0.2, 0.25) is 0 Å². The van der Waals surface area contributed by atoms with Crippen molar-refractivity contribution in [1.29, 1.82) is 0 Å². The highest BCUT2D eigenvalue weighted by Crippen LogP contribution is 2.20. The highest BCUT2D eigenvalue weighted by molar-refractivity contribution is 6.17. The summed E-state index contributed by atoms with van der Waals surface area (Å²) in [6, 6.07) is 3.77. The lowest BCUT2D eigenvalue weighted by molar-refractivity contribution is -0.175. The Hall–Kier alpha value is -1.76. The maximum Gasteiger partial charge on any atom is 0.471 e. The van der Waals surface area contributed by atoms with E-state index in [-0.39, 0.29) is 11.4 Å². The second kappa shape index (κ2) is 5.92. The van der Waals surface area contributed by atoms with Crippen molar-refractivity contribution >= 4 is 23.5 Å². The van der Waals surface area contributed by atoms with Gasteiger partial charge < -0.3 is 10.4 Å². The molecule has 0 aromatic heterocycles. The number of nitrogens with one attached hydrogen (secondary N) is 1. The van der Waals surface area contributed by atoms with Gasteiger partial charge >= 0.3 is 18.1 Å². The molecule has 1 atom stereocenters. The first-order valence-electron chi connectivity index (χ1n) is 5.01. The first-order valence-corrected chi connectivity index (χ1v) is 5.54. The van der Waals surface area contributed by atoms with E-state index < -0.39 is 24.1 Å². The summed E-state index contributed by atoms with van der Waals surface area (Å²) in [5, 5.41) is 10.3. The molecule has 0 fully saturated rings. The van der Waals surface area contributed by atoms with Crippen LogP contribution in [0.4, 0.5) is 13.2 Å². The second-order valence-corrected chi connectivity index (χ2v) is 3.88. The fraction of sp³-hybridized carbons (Fsp3) is 0.273. The van der Waals surface area contributed by atoms with Crippen LogP contribution in [0, 0.1) is 0 Å². The molecule has 104 valence electrons. The SMILES string of the molecule is O=C(O)C(NC(=O)C(F)(F)F)c1ccc(CCl)cc1. The van der Waals surface area contributed by atoms with Crippen LogP contribution < -0.4 is 5.32 Å². The van der Waals surface area contributed by atoms with E-state index in [0.29, 0.717) is 5.56 Å². The Morgan fingerprint density at radius 2 is 1.79 bits per heavy atom. The van der Waals surface area contributed by atoms with Crippen molar-refractivity contribution < 1.29 is 27.9 Å². The highest BCUT2D eigenvalue weighted by atomic mass is 35.5. The zero-order valence-electron chi connectivity index (χ0n) is 9.37. The quantitative estimate of drug-likeness (QED) is 0.837. The van der Waals surface area contributed by atoms with Crippen LogP contribution in [0.1, 0.15) is 17.2 Å². The lowest BCUT2D eigenvalue weighted by Crippen LogP contribution is -2.41. The van der Waals surface area contributed by atoms with E-state index in [4.69, 9.17) is 16.7 Å². The smallest absolute Gasteiger partial charge is 0.471 e. The molecule has 2 N–H and O–H groups in total. The molecule has 0 saturated carbocycles. The summed E-state index contributed by atoms with van der Waals surface area (Å²) in [7, 11) is 0. The number of alkyl halides is 4. The lowest BCUT2D eigenvalue weighted by atomic mass is 10.1. The fourth-order valence-electron chi connectivity index (χ4n) is 1.30. The van der Waals surface area contributed by atoms with Gasteiger partial charge in [-0.15, -0.1) is 11.6 Å². The van der Waals surface area contributed by atoms with Gasteiger partial charge in [-0.25, -0.2) is 4.79 Å². The molecule has 1 rings (SSSR count). The van der Waals surface area contributed by atoms with Crippen molar-refractivity contribution in [2.75, 3.05) is 0 Å². The van der Waals surface area contributed by atoms with Gasteiger partial charge in [0, 0.05) is 5.88 Å². The van der Waals surface area contributed by atoms with E-state index in [2.05, 4.69) is 0 Å². The Kier molecular flexibility index (Phi) is 4.77. The zero-order valence-corrected chi connectivity index (χ0v) is 10.1. The van der Waals surface area contributed by atoms with E-state index in [1.807, 2.05) is 0 Å². The topological polar surface area (TPSA) is 66.4 Å². The average Bonchev–Trinajstić information content (AvgIpc) is 2.34. The first-order chi connectivity index (χ1) is 8.75. The van der Waals surface area contributed by atoms with E-state index in [9.17, 15) is 22.8 Å². The maximum absolute atomic E-state index is 12.1. The number of halogens is 4. The third-order valence-corrected chi connectivity index (χ3v) is 2.56. The minimum Gasteiger partial charge on any atom is -0.479 e. The van der Waals surface area contributed by atoms with Crippen molar-refractivity contribution in [1.82, 2.24) is 5.32 Å². The molecule has 1 amide bonds. The third-order valence-electron chi connectivity index (χ3n) is 2.25. The van der Waals surface area contributed by atoms with Gasteiger partial charge in [-0.1, -0.05) is 24.3 Å². The Labute approximate surface area is 111 Å². The highest BCUT2D eigenvalue weighted by Gasteiger charge is 2.41. The monoisotopic (exact) mass is 295 g/mol. The summed E-state index contributed by atoms with van der Waals surface area (Å²) in [4.78, 5) is 21.7. The summed E-state index contributed by atoms with van der Waals surface area (Å²) in [5.74, 6) is -3.70. The summed E-state index contributed by atoms with van der Waals surface area (Å²) >= 11 is 5.53. The van der Waals surface area contributed by atoms with E-state index in [1.54, 1.807) is 0 Å². The number of carboxylic acid groups (broad SMARTS) is 1. The molecule has 0 bridgehead atoms. The summed E-state index contributed by atoms with van der Waals surface area (Å²) in [6.45, 7) is 0. The minimum atomic E-state index is -5.14. The standard InChI is InChI=1S/C11H9ClF3NO3/c12-5-6-1-3-7(4-2-6)8(9(17)18)16-10(19)11(13,14)15/h1-4,8H,5H2,(H,16,19)(H,17,18). The largest absolute Gasteiger partial charge is 0.479 e. The molecule has 0 spiro atoms. The lowest BCUT2D eigenvalue weighted by Gasteiger charge is -2.16. The zero-order chi connectivity index (χ0) is 14.6. The van der Waals surface area contributed by atoms with Gasteiger partial charge in [0.15, 0.2) is 6.04 Å². The molecule has 0 aliphatic heterocycles. The van der Waals surface area contributed by atoms with Crippen molar-refractivity contribution in [2.24, 2.45) is 0 Å².